The predicted molar refractivity (Wildman–Crippen MR) is 56.3 cm³/mol. The Balaban J connectivity index is 2.95. The van der Waals surface area contributed by atoms with E-state index in [0.717, 1.165) is 17.5 Å². The van der Waals surface area contributed by atoms with Crippen LogP contribution in [-0.4, -0.2) is 12.2 Å². The third-order valence-electron chi connectivity index (χ3n) is 2.02. The lowest BCUT2D eigenvalue weighted by molar-refractivity contribution is 0.0861. The van der Waals surface area contributed by atoms with Crippen LogP contribution in [-0.2, 0) is 17.8 Å². The van der Waals surface area contributed by atoms with Crippen molar-refractivity contribution in [1.82, 2.24) is 5.48 Å². The predicted octanol–water partition coefficient (Wildman–Crippen LogP) is 2.26. The number of hydroxylamine groups is 1. The highest BCUT2D eigenvalue weighted by Gasteiger charge is 2.07. The molecule has 0 aliphatic rings. The van der Waals surface area contributed by atoms with Gasteiger partial charge < -0.3 is 9.94 Å². The number of benzene rings is 1. The summed E-state index contributed by atoms with van der Waals surface area (Å²) in [6.07, 6.45) is 0.889. The van der Waals surface area contributed by atoms with Crippen LogP contribution in [0.5, 0.6) is 5.75 Å². The number of hydrogen-bond acceptors (Lipinski definition) is 3. The maximum atomic E-state index is 9.62. The van der Waals surface area contributed by atoms with Gasteiger partial charge >= 0.3 is 0 Å². The SMILES string of the molecule is CCc1cc(Cl)c(O)c(CNOC)c1. The third kappa shape index (κ3) is 2.61. The first-order chi connectivity index (χ1) is 6.69. The highest BCUT2D eigenvalue weighted by atomic mass is 35.5. The van der Waals surface area contributed by atoms with E-state index < -0.39 is 0 Å². The summed E-state index contributed by atoms with van der Waals surface area (Å²) >= 11 is 5.86. The number of aryl methyl sites for hydroxylation is 1. The Morgan fingerprint density at radius 2 is 2.21 bits per heavy atom. The molecular formula is C10H14ClNO2. The molecule has 0 bridgehead atoms. The van der Waals surface area contributed by atoms with Crippen LogP contribution in [0.4, 0.5) is 0 Å². The summed E-state index contributed by atoms with van der Waals surface area (Å²) in [5, 5.41) is 10.0. The van der Waals surface area contributed by atoms with Gasteiger partial charge in [0.2, 0.25) is 0 Å². The molecule has 1 aromatic rings. The summed E-state index contributed by atoms with van der Waals surface area (Å²) in [6, 6.07) is 3.68. The lowest BCUT2D eigenvalue weighted by Crippen LogP contribution is -2.11. The first-order valence-electron chi connectivity index (χ1n) is 4.45. The van der Waals surface area contributed by atoms with E-state index >= 15 is 0 Å². The third-order valence-corrected chi connectivity index (χ3v) is 2.31. The molecule has 0 saturated heterocycles. The summed E-state index contributed by atoms with van der Waals surface area (Å²) in [5.41, 5.74) is 4.51. The fraction of sp³-hybridized carbons (Fsp3) is 0.400. The lowest BCUT2D eigenvalue weighted by Gasteiger charge is -2.08. The van der Waals surface area contributed by atoms with E-state index in [0.29, 0.717) is 11.6 Å². The summed E-state index contributed by atoms with van der Waals surface area (Å²) in [5.74, 6) is 0.119. The molecule has 0 aliphatic heterocycles. The minimum atomic E-state index is 0.119. The topological polar surface area (TPSA) is 41.5 Å². The zero-order chi connectivity index (χ0) is 10.6. The Hall–Kier alpha value is -0.770. The molecule has 0 fully saturated rings. The van der Waals surface area contributed by atoms with Gasteiger partial charge in [-0.15, -0.1) is 0 Å². The minimum Gasteiger partial charge on any atom is -0.506 e. The monoisotopic (exact) mass is 215 g/mol. The van der Waals surface area contributed by atoms with Crippen molar-refractivity contribution in [2.45, 2.75) is 19.9 Å². The molecule has 0 atom stereocenters. The van der Waals surface area contributed by atoms with E-state index in [1.165, 1.54) is 7.11 Å². The normalized spacial score (nSPS) is 10.5. The van der Waals surface area contributed by atoms with Crippen molar-refractivity contribution in [2.24, 2.45) is 0 Å². The molecule has 78 valence electrons. The van der Waals surface area contributed by atoms with Gasteiger partial charge in [-0.25, -0.2) is 0 Å². The molecule has 3 nitrogen and oxygen atoms in total. The zero-order valence-electron chi connectivity index (χ0n) is 8.30. The smallest absolute Gasteiger partial charge is 0.138 e. The van der Waals surface area contributed by atoms with Crippen LogP contribution in [0.15, 0.2) is 12.1 Å². The van der Waals surface area contributed by atoms with E-state index in [-0.39, 0.29) is 5.75 Å². The second-order valence-electron chi connectivity index (χ2n) is 2.96. The molecule has 2 N–H and O–H groups in total. The van der Waals surface area contributed by atoms with Gasteiger partial charge in [0, 0.05) is 12.1 Å². The molecule has 0 heterocycles. The molecule has 0 radical (unpaired) electrons. The maximum Gasteiger partial charge on any atom is 0.138 e. The number of halogens is 1. The second-order valence-corrected chi connectivity index (χ2v) is 3.37. The first-order valence-corrected chi connectivity index (χ1v) is 4.83. The fourth-order valence-electron chi connectivity index (χ4n) is 1.21. The molecule has 0 saturated carbocycles. The molecule has 14 heavy (non-hydrogen) atoms. The van der Waals surface area contributed by atoms with Crippen LogP contribution >= 0.6 is 11.6 Å². The van der Waals surface area contributed by atoms with E-state index in [9.17, 15) is 5.11 Å². The number of hydrogen-bond donors (Lipinski definition) is 2. The molecule has 4 heteroatoms. The van der Waals surface area contributed by atoms with Gasteiger partial charge in [0.15, 0.2) is 0 Å². The van der Waals surface area contributed by atoms with Crippen LogP contribution in [0.25, 0.3) is 0 Å². The Labute approximate surface area is 88.6 Å². The average Bonchev–Trinajstić information content (AvgIpc) is 2.20. The van der Waals surface area contributed by atoms with Gasteiger partial charge in [0.05, 0.1) is 12.1 Å². The van der Waals surface area contributed by atoms with Crippen LogP contribution in [0.3, 0.4) is 0 Å². The lowest BCUT2D eigenvalue weighted by atomic mass is 10.1. The summed E-state index contributed by atoms with van der Waals surface area (Å²) in [6.45, 7) is 2.48. The number of nitrogens with one attached hydrogen (secondary N) is 1. The number of aromatic hydroxyl groups is 1. The average molecular weight is 216 g/mol. The molecule has 1 aromatic carbocycles. The Morgan fingerprint density at radius 3 is 2.79 bits per heavy atom. The molecule has 0 unspecified atom stereocenters. The highest BCUT2D eigenvalue weighted by Crippen LogP contribution is 2.29. The summed E-state index contributed by atoms with van der Waals surface area (Å²) in [4.78, 5) is 4.71. The second kappa shape index (κ2) is 5.20. The molecule has 1 rings (SSSR count). The quantitative estimate of drug-likeness (QED) is 0.758. The number of phenols is 1. The van der Waals surface area contributed by atoms with Crippen molar-refractivity contribution in [3.63, 3.8) is 0 Å². The first kappa shape index (κ1) is 11.3. The fourth-order valence-corrected chi connectivity index (χ4v) is 1.47. The van der Waals surface area contributed by atoms with Gasteiger partial charge in [-0.05, 0) is 18.1 Å². The number of rotatable bonds is 4. The summed E-state index contributed by atoms with van der Waals surface area (Å²) in [7, 11) is 1.53. The van der Waals surface area contributed by atoms with Crippen LogP contribution in [0, 0.1) is 0 Å². The maximum absolute atomic E-state index is 9.62. The highest BCUT2D eigenvalue weighted by molar-refractivity contribution is 6.32. The van der Waals surface area contributed by atoms with Crippen LogP contribution in [0.2, 0.25) is 5.02 Å². The Morgan fingerprint density at radius 1 is 1.50 bits per heavy atom. The van der Waals surface area contributed by atoms with Crippen molar-refractivity contribution in [3.8, 4) is 5.75 Å². The van der Waals surface area contributed by atoms with E-state index in [1.807, 2.05) is 13.0 Å². The zero-order valence-corrected chi connectivity index (χ0v) is 9.06. The standard InChI is InChI=1S/C10H14ClNO2/c1-3-7-4-8(6-12-14-2)10(13)9(11)5-7/h4-5,12-13H,3,6H2,1-2H3. The van der Waals surface area contributed by atoms with Crippen LogP contribution in [0.1, 0.15) is 18.1 Å². The van der Waals surface area contributed by atoms with Crippen LogP contribution < -0.4 is 5.48 Å². The summed E-state index contributed by atoms with van der Waals surface area (Å²) < 4.78 is 0. The van der Waals surface area contributed by atoms with E-state index in [4.69, 9.17) is 16.4 Å². The van der Waals surface area contributed by atoms with Gasteiger partial charge in [-0.3, -0.25) is 0 Å². The van der Waals surface area contributed by atoms with Crippen molar-refractivity contribution in [1.29, 1.82) is 0 Å². The Kier molecular flexibility index (Phi) is 4.20. The Bertz CT molecular complexity index is 315. The van der Waals surface area contributed by atoms with Gasteiger partial charge in [-0.1, -0.05) is 24.6 Å². The van der Waals surface area contributed by atoms with Crippen molar-refractivity contribution < 1.29 is 9.94 Å². The van der Waals surface area contributed by atoms with Crippen molar-refractivity contribution in [2.75, 3.05) is 7.11 Å². The van der Waals surface area contributed by atoms with Crippen molar-refractivity contribution >= 4 is 11.6 Å². The minimum absolute atomic E-state index is 0.119. The molecule has 0 aliphatic carbocycles. The van der Waals surface area contributed by atoms with E-state index in [2.05, 4.69) is 5.48 Å². The van der Waals surface area contributed by atoms with E-state index in [1.54, 1.807) is 6.07 Å². The molecular weight excluding hydrogens is 202 g/mol. The van der Waals surface area contributed by atoms with Gasteiger partial charge in [0.25, 0.3) is 0 Å². The number of phenolic OH excluding ortho intramolecular Hbond substituents is 1. The van der Waals surface area contributed by atoms with Crippen molar-refractivity contribution in [3.05, 3.63) is 28.3 Å². The largest absolute Gasteiger partial charge is 0.506 e. The van der Waals surface area contributed by atoms with Gasteiger partial charge in [0.1, 0.15) is 5.75 Å². The molecule has 0 spiro atoms. The molecule has 0 aromatic heterocycles. The molecule has 0 amide bonds. The van der Waals surface area contributed by atoms with Gasteiger partial charge in [-0.2, -0.15) is 5.48 Å².